The van der Waals surface area contributed by atoms with Crippen molar-refractivity contribution in [1.82, 2.24) is 0 Å². The predicted octanol–water partition coefficient (Wildman–Crippen LogP) is 4.25. The molecule has 1 aliphatic rings. The lowest BCUT2D eigenvalue weighted by Crippen LogP contribution is -2.25. The third-order valence-corrected chi connectivity index (χ3v) is 4.74. The summed E-state index contributed by atoms with van der Waals surface area (Å²) in [4.78, 5) is 0.673. The molecule has 2 rings (SSSR count). The van der Waals surface area contributed by atoms with Crippen molar-refractivity contribution in [1.29, 1.82) is 5.26 Å². The quantitative estimate of drug-likeness (QED) is 0.782. The lowest BCUT2D eigenvalue weighted by molar-refractivity contribution is 0.345. The molecule has 17 heavy (non-hydrogen) atoms. The highest BCUT2D eigenvalue weighted by molar-refractivity contribution is 8.00. The van der Waals surface area contributed by atoms with E-state index >= 15 is 0 Å². The summed E-state index contributed by atoms with van der Waals surface area (Å²) >= 11 is 1.53. The Balaban J connectivity index is 2.11. The van der Waals surface area contributed by atoms with Gasteiger partial charge >= 0.3 is 0 Å². The van der Waals surface area contributed by atoms with Crippen molar-refractivity contribution in [2.24, 2.45) is 11.8 Å². The van der Waals surface area contributed by atoms with Crippen LogP contribution in [-0.4, -0.2) is 5.25 Å². The Kier molecular flexibility index (Phi) is 4.06. The molecule has 0 amide bonds. The molecule has 0 aromatic heterocycles. The van der Waals surface area contributed by atoms with Gasteiger partial charge in [0.05, 0.1) is 12.0 Å². The van der Waals surface area contributed by atoms with Crippen LogP contribution in [0.15, 0.2) is 29.2 Å². The topological polar surface area (TPSA) is 23.8 Å². The number of nitrogens with zero attached hydrogens (tertiary/aromatic N) is 1. The van der Waals surface area contributed by atoms with E-state index in [-0.39, 0.29) is 17.0 Å². The van der Waals surface area contributed by atoms with Crippen molar-refractivity contribution < 1.29 is 4.39 Å². The summed E-state index contributed by atoms with van der Waals surface area (Å²) in [5, 5.41) is 9.37. The first-order valence-electron chi connectivity index (χ1n) is 6.01. The highest BCUT2D eigenvalue weighted by Crippen LogP contribution is 2.40. The Morgan fingerprint density at radius 3 is 2.82 bits per heavy atom. The molecule has 1 nitrogen and oxygen atoms in total. The van der Waals surface area contributed by atoms with Crippen molar-refractivity contribution >= 4 is 11.8 Å². The first kappa shape index (κ1) is 12.4. The zero-order valence-corrected chi connectivity index (χ0v) is 10.7. The average Bonchev–Trinajstić information content (AvgIpc) is 2.32. The maximum atomic E-state index is 13.6. The molecule has 1 aliphatic carbocycles. The number of benzene rings is 1. The predicted molar refractivity (Wildman–Crippen MR) is 68.2 cm³/mol. The maximum Gasteiger partial charge on any atom is 0.136 e. The lowest BCUT2D eigenvalue weighted by atomic mass is 9.83. The second kappa shape index (κ2) is 5.55. The number of thioether (sulfide) groups is 1. The Labute approximate surface area is 106 Å². The molecule has 0 heterocycles. The number of hydrogen-bond donors (Lipinski definition) is 0. The monoisotopic (exact) mass is 249 g/mol. The van der Waals surface area contributed by atoms with E-state index in [4.69, 9.17) is 5.26 Å². The minimum atomic E-state index is -0.174. The van der Waals surface area contributed by atoms with E-state index in [1.807, 2.05) is 6.07 Å². The third kappa shape index (κ3) is 3.01. The molecule has 1 fully saturated rings. The number of rotatable bonds is 2. The number of nitriles is 1. The van der Waals surface area contributed by atoms with Crippen molar-refractivity contribution in [3.05, 3.63) is 30.1 Å². The van der Waals surface area contributed by atoms with E-state index in [1.54, 1.807) is 12.1 Å². The van der Waals surface area contributed by atoms with Gasteiger partial charge in [-0.15, -0.1) is 11.8 Å². The minimum absolute atomic E-state index is 0.0656. The van der Waals surface area contributed by atoms with Gasteiger partial charge < -0.3 is 0 Å². The summed E-state index contributed by atoms with van der Waals surface area (Å²) in [6, 6.07) is 9.20. The fourth-order valence-electron chi connectivity index (χ4n) is 2.31. The summed E-state index contributed by atoms with van der Waals surface area (Å²) in [6.45, 7) is 2.21. The molecule has 0 N–H and O–H groups in total. The van der Waals surface area contributed by atoms with E-state index < -0.39 is 0 Å². The normalized spacial score (nSPS) is 28.6. The molecule has 0 aliphatic heterocycles. The fraction of sp³-hybridized carbons (Fsp3) is 0.500. The maximum absolute atomic E-state index is 13.6. The van der Waals surface area contributed by atoms with Crippen LogP contribution in [0.25, 0.3) is 0 Å². The summed E-state index contributed by atoms with van der Waals surface area (Å²) in [5.41, 5.74) is 0. The fourth-order valence-corrected chi connectivity index (χ4v) is 3.76. The molecule has 0 saturated heterocycles. The van der Waals surface area contributed by atoms with Crippen LogP contribution < -0.4 is 0 Å². The molecule has 1 saturated carbocycles. The average molecular weight is 249 g/mol. The van der Waals surface area contributed by atoms with E-state index in [1.165, 1.54) is 17.8 Å². The van der Waals surface area contributed by atoms with Crippen molar-refractivity contribution in [3.63, 3.8) is 0 Å². The van der Waals surface area contributed by atoms with Crippen LogP contribution in [0, 0.1) is 29.0 Å². The van der Waals surface area contributed by atoms with E-state index in [2.05, 4.69) is 13.0 Å². The van der Waals surface area contributed by atoms with Crippen LogP contribution in [0.2, 0.25) is 0 Å². The standard InChI is InChI=1S/C14H16FNS/c1-10-6-7-11(9-16)14(8-10)17-13-5-3-2-4-12(13)15/h2-5,10-11,14H,6-8H2,1H3. The van der Waals surface area contributed by atoms with Crippen molar-refractivity contribution in [2.75, 3.05) is 0 Å². The Morgan fingerprint density at radius 2 is 2.12 bits per heavy atom. The van der Waals surface area contributed by atoms with Gasteiger partial charge in [0, 0.05) is 10.1 Å². The van der Waals surface area contributed by atoms with Crippen LogP contribution in [0.4, 0.5) is 4.39 Å². The van der Waals surface area contributed by atoms with Gasteiger partial charge in [0.25, 0.3) is 0 Å². The summed E-state index contributed by atoms with van der Waals surface area (Å²) in [6.07, 6.45) is 3.08. The minimum Gasteiger partial charge on any atom is -0.206 e. The SMILES string of the molecule is CC1CCC(C#N)C(Sc2ccccc2F)C1. The Hall–Kier alpha value is -1.01. The van der Waals surface area contributed by atoms with E-state index in [0.717, 1.165) is 19.3 Å². The Morgan fingerprint density at radius 1 is 1.35 bits per heavy atom. The molecule has 0 bridgehead atoms. The second-order valence-corrected chi connectivity index (χ2v) is 6.02. The molecule has 3 heteroatoms. The third-order valence-electron chi connectivity index (χ3n) is 3.33. The molecule has 1 aromatic rings. The Bertz CT molecular complexity index is 426. The summed E-state index contributed by atoms with van der Waals surface area (Å²) in [7, 11) is 0. The molecule has 3 unspecified atom stereocenters. The van der Waals surface area contributed by atoms with Crippen LogP contribution in [0.3, 0.4) is 0 Å². The molecule has 0 spiro atoms. The van der Waals surface area contributed by atoms with E-state index in [0.29, 0.717) is 10.8 Å². The van der Waals surface area contributed by atoms with Gasteiger partial charge in [-0.3, -0.25) is 0 Å². The van der Waals surface area contributed by atoms with Gasteiger partial charge in [-0.05, 0) is 37.3 Å². The molecule has 1 aromatic carbocycles. The highest BCUT2D eigenvalue weighted by Gasteiger charge is 2.29. The lowest BCUT2D eigenvalue weighted by Gasteiger charge is -2.30. The summed E-state index contributed by atoms with van der Waals surface area (Å²) in [5.74, 6) is 0.534. The largest absolute Gasteiger partial charge is 0.206 e. The smallest absolute Gasteiger partial charge is 0.136 e. The number of halogens is 1. The van der Waals surface area contributed by atoms with Crippen LogP contribution >= 0.6 is 11.8 Å². The van der Waals surface area contributed by atoms with Crippen molar-refractivity contribution in [2.45, 2.75) is 36.3 Å². The van der Waals surface area contributed by atoms with Gasteiger partial charge in [0.1, 0.15) is 5.82 Å². The van der Waals surface area contributed by atoms with Gasteiger partial charge in [0.2, 0.25) is 0 Å². The van der Waals surface area contributed by atoms with E-state index in [9.17, 15) is 4.39 Å². The molecular weight excluding hydrogens is 233 g/mol. The molecule has 0 radical (unpaired) electrons. The molecule has 90 valence electrons. The highest BCUT2D eigenvalue weighted by atomic mass is 32.2. The summed E-state index contributed by atoms with van der Waals surface area (Å²) < 4.78 is 13.6. The first-order valence-corrected chi connectivity index (χ1v) is 6.89. The zero-order chi connectivity index (χ0) is 12.3. The van der Waals surface area contributed by atoms with Crippen LogP contribution in [0.1, 0.15) is 26.2 Å². The van der Waals surface area contributed by atoms with Gasteiger partial charge in [-0.25, -0.2) is 4.39 Å². The van der Waals surface area contributed by atoms with Crippen molar-refractivity contribution in [3.8, 4) is 6.07 Å². The van der Waals surface area contributed by atoms with Crippen LogP contribution in [-0.2, 0) is 0 Å². The van der Waals surface area contributed by atoms with Gasteiger partial charge in [-0.2, -0.15) is 5.26 Å². The second-order valence-electron chi connectivity index (χ2n) is 4.74. The van der Waals surface area contributed by atoms with Gasteiger partial charge in [-0.1, -0.05) is 19.1 Å². The van der Waals surface area contributed by atoms with Gasteiger partial charge in [0.15, 0.2) is 0 Å². The number of hydrogen-bond acceptors (Lipinski definition) is 2. The van der Waals surface area contributed by atoms with Crippen LogP contribution in [0.5, 0.6) is 0 Å². The zero-order valence-electron chi connectivity index (χ0n) is 9.90. The first-order chi connectivity index (χ1) is 8.20. The molecule has 3 atom stereocenters. The molecular formula is C14H16FNS.